The van der Waals surface area contributed by atoms with Crippen LogP contribution in [0.2, 0.25) is 0 Å². The normalized spacial score (nSPS) is 17.9. The number of carbonyl (C=O) groups excluding carboxylic acids is 2. The molecule has 0 unspecified atom stereocenters. The maximum Gasteiger partial charge on any atom is 0.330 e. The Kier molecular flexibility index (Phi) is 5.51. The first-order chi connectivity index (χ1) is 10.2. The minimum atomic E-state index is -0.367. The van der Waals surface area contributed by atoms with Crippen LogP contribution < -0.4 is 5.32 Å². The summed E-state index contributed by atoms with van der Waals surface area (Å²) in [6.45, 7) is 2.77. The zero-order valence-electron chi connectivity index (χ0n) is 12.0. The van der Waals surface area contributed by atoms with Crippen LogP contribution in [0.4, 0.5) is 5.69 Å². The van der Waals surface area contributed by atoms with E-state index in [1.54, 1.807) is 25.1 Å². The summed E-state index contributed by atoms with van der Waals surface area (Å²) >= 11 is 0. The van der Waals surface area contributed by atoms with Crippen molar-refractivity contribution in [3.8, 4) is 0 Å². The summed E-state index contributed by atoms with van der Waals surface area (Å²) in [6, 6.07) is 7.22. The second kappa shape index (κ2) is 7.59. The van der Waals surface area contributed by atoms with Crippen molar-refractivity contribution in [2.45, 2.75) is 25.9 Å². The summed E-state index contributed by atoms with van der Waals surface area (Å²) in [5.41, 5.74) is 1.57. The molecule has 21 heavy (non-hydrogen) atoms. The first-order valence-electron chi connectivity index (χ1n) is 7.06. The Morgan fingerprint density at radius 3 is 2.76 bits per heavy atom. The number of ether oxygens (including phenoxy) is 2. The van der Waals surface area contributed by atoms with Crippen molar-refractivity contribution in [3.63, 3.8) is 0 Å². The van der Waals surface area contributed by atoms with E-state index in [-0.39, 0.29) is 18.0 Å². The highest BCUT2D eigenvalue weighted by molar-refractivity contribution is 5.94. The number of hydrogen-bond donors (Lipinski definition) is 1. The zero-order chi connectivity index (χ0) is 15.1. The average molecular weight is 289 g/mol. The molecule has 0 aromatic heterocycles. The fourth-order valence-corrected chi connectivity index (χ4v) is 2.04. The molecule has 0 bridgehead atoms. The Balaban J connectivity index is 1.89. The molecule has 5 nitrogen and oxygen atoms in total. The van der Waals surface area contributed by atoms with Crippen LogP contribution in [0.5, 0.6) is 0 Å². The minimum Gasteiger partial charge on any atom is -0.463 e. The predicted octanol–water partition coefficient (Wildman–Crippen LogP) is 2.38. The van der Waals surface area contributed by atoms with E-state index in [1.807, 2.05) is 12.1 Å². The number of benzene rings is 1. The van der Waals surface area contributed by atoms with Gasteiger partial charge in [0, 0.05) is 18.4 Å². The molecule has 1 aliphatic rings. The number of amides is 1. The van der Waals surface area contributed by atoms with Crippen molar-refractivity contribution in [3.05, 3.63) is 35.9 Å². The van der Waals surface area contributed by atoms with Crippen LogP contribution in [0.3, 0.4) is 0 Å². The molecule has 112 valence electrons. The molecule has 1 fully saturated rings. The summed E-state index contributed by atoms with van der Waals surface area (Å²) < 4.78 is 10.1. The third kappa shape index (κ3) is 4.72. The molecular formula is C16H19NO4. The molecule has 1 aromatic rings. The Labute approximate surface area is 123 Å². The van der Waals surface area contributed by atoms with Crippen LogP contribution in [0, 0.1) is 0 Å². The lowest BCUT2D eigenvalue weighted by atomic mass is 10.2. The van der Waals surface area contributed by atoms with Crippen molar-refractivity contribution < 1.29 is 19.1 Å². The van der Waals surface area contributed by atoms with Gasteiger partial charge in [0.15, 0.2) is 0 Å². The fourth-order valence-electron chi connectivity index (χ4n) is 2.04. The Morgan fingerprint density at radius 2 is 2.14 bits per heavy atom. The highest BCUT2D eigenvalue weighted by atomic mass is 16.5. The van der Waals surface area contributed by atoms with Gasteiger partial charge in [0.1, 0.15) is 6.10 Å². The molecule has 0 spiro atoms. The fraction of sp³-hybridized carbons (Fsp3) is 0.375. The molecule has 1 N–H and O–H groups in total. The summed E-state index contributed by atoms with van der Waals surface area (Å²) in [4.78, 5) is 23.1. The van der Waals surface area contributed by atoms with E-state index in [9.17, 15) is 9.59 Å². The molecule has 0 radical (unpaired) electrons. The molecule has 1 heterocycles. The maximum absolute atomic E-state index is 11.9. The number of nitrogens with one attached hydrogen (secondary N) is 1. The van der Waals surface area contributed by atoms with Gasteiger partial charge < -0.3 is 14.8 Å². The monoisotopic (exact) mass is 289 g/mol. The van der Waals surface area contributed by atoms with Gasteiger partial charge in [-0.3, -0.25) is 4.79 Å². The summed E-state index contributed by atoms with van der Waals surface area (Å²) in [5, 5.41) is 2.82. The summed E-state index contributed by atoms with van der Waals surface area (Å²) in [7, 11) is 0. The molecule has 2 rings (SSSR count). The SMILES string of the molecule is CCOC(=O)/C=C/c1ccc(NC(=O)[C@H]2CCCO2)cc1. The van der Waals surface area contributed by atoms with Gasteiger partial charge in [-0.25, -0.2) is 4.79 Å². The quantitative estimate of drug-likeness (QED) is 0.667. The third-order valence-corrected chi connectivity index (χ3v) is 3.10. The summed E-state index contributed by atoms with van der Waals surface area (Å²) in [6.07, 6.45) is 4.41. The lowest BCUT2D eigenvalue weighted by Crippen LogP contribution is -2.26. The molecule has 1 amide bonds. The number of esters is 1. The second-order valence-electron chi connectivity index (χ2n) is 4.70. The molecule has 1 aliphatic heterocycles. The van der Waals surface area contributed by atoms with Crippen molar-refractivity contribution in [2.75, 3.05) is 18.5 Å². The average Bonchev–Trinajstić information content (AvgIpc) is 3.01. The van der Waals surface area contributed by atoms with E-state index in [1.165, 1.54) is 6.08 Å². The Hall–Kier alpha value is -2.14. The van der Waals surface area contributed by atoms with E-state index in [0.29, 0.717) is 18.9 Å². The van der Waals surface area contributed by atoms with E-state index in [0.717, 1.165) is 18.4 Å². The van der Waals surface area contributed by atoms with Crippen LogP contribution in [-0.4, -0.2) is 31.2 Å². The van der Waals surface area contributed by atoms with E-state index >= 15 is 0 Å². The second-order valence-corrected chi connectivity index (χ2v) is 4.70. The van der Waals surface area contributed by atoms with E-state index in [2.05, 4.69) is 5.32 Å². The van der Waals surface area contributed by atoms with Gasteiger partial charge in [-0.05, 0) is 43.5 Å². The zero-order valence-corrected chi connectivity index (χ0v) is 12.0. The number of anilines is 1. The number of hydrogen-bond acceptors (Lipinski definition) is 4. The van der Waals surface area contributed by atoms with Gasteiger partial charge in [-0.15, -0.1) is 0 Å². The molecule has 0 aliphatic carbocycles. The van der Waals surface area contributed by atoms with Gasteiger partial charge in [-0.1, -0.05) is 12.1 Å². The van der Waals surface area contributed by atoms with E-state index in [4.69, 9.17) is 9.47 Å². The first kappa shape index (κ1) is 15.3. The van der Waals surface area contributed by atoms with Gasteiger partial charge in [0.25, 0.3) is 5.91 Å². The van der Waals surface area contributed by atoms with E-state index < -0.39 is 0 Å². The predicted molar refractivity (Wildman–Crippen MR) is 79.7 cm³/mol. The molecule has 5 heteroatoms. The summed E-state index contributed by atoms with van der Waals surface area (Å²) in [5.74, 6) is -0.476. The van der Waals surface area contributed by atoms with Crippen LogP contribution in [0.25, 0.3) is 6.08 Å². The van der Waals surface area contributed by atoms with Crippen molar-refractivity contribution in [2.24, 2.45) is 0 Å². The van der Waals surface area contributed by atoms with Gasteiger partial charge in [-0.2, -0.15) is 0 Å². The number of rotatable bonds is 5. The van der Waals surface area contributed by atoms with Crippen molar-refractivity contribution in [1.29, 1.82) is 0 Å². The minimum absolute atomic E-state index is 0.109. The van der Waals surface area contributed by atoms with Crippen molar-refractivity contribution in [1.82, 2.24) is 0 Å². The van der Waals surface area contributed by atoms with Crippen molar-refractivity contribution >= 4 is 23.6 Å². The molecule has 0 saturated carbocycles. The maximum atomic E-state index is 11.9. The van der Waals surface area contributed by atoms with Gasteiger partial charge >= 0.3 is 5.97 Å². The molecule has 1 atom stereocenters. The smallest absolute Gasteiger partial charge is 0.330 e. The highest BCUT2D eigenvalue weighted by Crippen LogP contribution is 2.16. The largest absolute Gasteiger partial charge is 0.463 e. The van der Waals surface area contributed by atoms with Crippen LogP contribution >= 0.6 is 0 Å². The van der Waals surface area contributed by atoms with Gasteiger partial charge in [0.05, 0.1) is 6.61 Å². The standard InChI is InChI=1S/C16H19NO4/c1-2-20-15(18)10-7-12-5-8-13(9-6-12)17-16(19)14-4-3-11-21-14/h5-10,14H,2-4,11H2,1H3,(H,17,19)/b10-7+/t14-/m1/s1. The Bertz CT molecular complexity index is 516. The first-order valence-corrected chi connectivity index (χ1v) is 7.06. The highest BCUT2D eigenvalue weighted by Gasteiger charge is 2.23. The molecule has 1 saturated heterocycles. The topological polar surface area (TPSA) is 64.6 Å². The molecule has 1 aromatic carbocycles. The third-order valence-electron chi connectivity index (χ3n) is 3.10. The van der Waals surface area contributed by atoms with Gasteiger partial charge in [0.2, 0.25) is 0 Å². The van der Waals surface area contributed by atoms with Crippen LogP contribution in [0.1, 0.15) is 25.3 Å². The molecular weight excluding hydrogens is 270 g/mol. The lowest BCUT2D eigenvalue weighted by molar-refractivity contribution is -0.137. The Morgan fingerprint density at radius 1 is 1.38 bits per heavy atom. The lowest BCUT2D eigenvalue weighted by Gasteiger charge is -2.10. The number of carbonyl (C=O) groups is 2. The van der Waals surface area contributed by atoms with Crippen LogP contribution in [0.15, 0.2) is 30.3 Å². The van der Waals surface area contributed by atoms with Crippen LogP contribution in [-0.2, 0) is 19.1 Å².